The highest BCUT2D eigenvalue weighted by Crippen LogP contribution is 2.31. The molecule has 0 unspecified atom stereocenters. The van der Waals surface area contributed by atoms with E-state index in [9.17, 15) is 0 Å². The first kappa shape index (κ1) is 20.2. The largest absolute Gasteiger partial charge is 0.319 e. The minimum Gasteiger partial charge on any atom is -0.319 e. The van der Waals surface area contributed by atoms with Gasteiger partial charge in [-0.2, -0.15) is 0 Å². The number of thiocarbonyl (C=S) groups is 1. The van der Waals surface area contributed by atoms with Crippen LogP contribution < -0.4 is 0 Å². The fourth-order valence-corrected chi connectivity index (χ4v) is 4.17. The molecule has 0 aliphatic carbocycles. The third-order valence-corrected chi connectivity index (χ3v) is 5.99. The maximum atomic E-state index is 6.31. The number of benzene rings is 2. The molecule has 4 aromatic rings. The van der Waals surface area contributed by atoms with Crippen molar-refractivity contribution in [1.82, 2.24) is 19.4 Å². The Labute approximate surface area is 181 Å². The molecule has 0 atom stereocenters. The van der Waals surface area contributed by atoms with Crippen LogP contribution in [-0.4, -0.2) is 44.9 Å². The van der Waals surface area contributed by atoms with Crippen molar-refractivity contribution in [3.8, 4) is 0 Å². The second-order valence-corrected chi connectivity index (χ2v) is 9.03. The zero-order chi connectivity index (χ0) is 20.7. The van der Waals surface area contributed by atoms with Crippen LogP contribution in [0.25, 0.3) is 33.1 Å². The normalized spacial score (nSPS) is 11.9. The molecule has 0 fully saturated rings. The monoisotopic (exact) mass is 424 g/mol. The van der Waals surface area contributed by atoms with E-state index < -0.39 is 0 Å². The van der Waals surface area contributed by atoms with Crippen LogP contribution >= 0.6 is 23.8 Å². The predicted octanol–water partition coefficient (Wildman–Crippen LogP) is 5.72. The Hall–Kier alpha value is -2.08. The molecule has 29 heavy (non-hydrogen) atoms. The summed E-state index contributed by atoms with van der Waals surface area (Å²) in [6.07, 6.45) is 1.98. The third-order valence-electron chi connectivity index (χ3n) is 5.42. The van der Waals surface area contributed by atoms with Crippen molar-refractivity contribution >= 4 is 61.8 Å². The topological polar surface area (TPSA) is 34.0 Å². The van der Waals surface area contributed by atoms with Crippen molar-refractivity contribution in [1.29, 1.82) is 0 Å². The minimum atomic E-state index is 0.662. The molecular weight excluding hydrogens is 400 g/mol. The van der Waals surface area contributed by atoms with E-state index in [4.69, 9.17) is 33.8 Å². The van der Waals surface area contributed by atoms with Crippen LogP contribution in [0, 0.1) is 13.8 Å². The molecular formula is C23H25ClN4S. The number of rotatable bonds is 6. The second-order valence-electron chi connectivity index (χ2n) is 8.01. The van der Waals surface area contributed by atoms with Crippen molar-refractivity contribution in [3.63, 3.8) is 0 Å². The molecule has 4 rings (SSSR count). The average Bonchev–Trinajstić information content (AvgIpc) is 2.93. The van der Waals surface area contributed by atoms with Gasteiger partial charge in [0, 0.05) is 15.3 Å². The van der Waals surface area contributed by atoms with Gasteiger partial charge in [0.25, 0.3) is 0 Å². The number of aromatic nitrogens is 3. The van der Waals surface area contributed by atoms with Gasteiger partial charge in [-0.05, 0) is 88.8 Å². The lowest BCUT2D eigenvalue weighted by atomic mass is 10.1. The molecule has 4 nitrogen and oxygen atoms in total. The lowest BCUT2D eigenvalue weighted by Crippen LogP contribution is -2.15. The zero-order valence-corrected chi connectivity index (χ0v) is 18.9. The fraction of sp³-hybridized carbons (Fsp3) is 0.348. The van der Waals surface area contributed by atoms with Crippen molar-refractivity contribution in [3.05, 3.63) is 46.5 Å². The standard InChI is InChI=1S/C23H25ClN4S/c1-14-10-19-20(11-15(14)2)26-23-22(25-19)18-12-16(24)7-8-21(18)28(23)13-17(29)6-5-9-27(3)4/h7-8,10-12H,5-6,9,13H2,1-4H3. The summed E-state index contributed by atoms with van der Waals surface area (Å²) in [7, 11) is 4.17. The van der Waals surface area contributed by atoms with E-state index in [1.54, 1.807) is 0 Å². The van der Waals surface area contributed by atoms with E-state index in [0.717, 1.165) is 57.4 Å². The molecule has 2 aromatic heterocycles. The Bertz CT molecular complexity index is 1240. The average molecular weight is 425 g/mol. The van der Waals surface area contributed by atoms with Gasteiger partial charge in [0.1, 0.15) is 5.52 Å². The predicted molar refractivity (Wildman–Crippen MR) is 127 cm³/mol. The molecule has 0 amide bonds. The van der Waals surface area contributed by atoms with Gasteiger partial charge in [-0.25, -0.2) is 9.97 Å². The SMILES string of the molecule is Cc1cc2nc3c4cc(Cl)ccc4n(CC(=S)CCCN(C)C)c3nc2cc1C. The Morgan fingerprint density at radius 2 is 1.76 bits per heavy atom. The van der Waals surface area contributed by atoms with Gasteiger partial charge in [0.2, 0.25) is 0 Å². The molecule has 2 aromatic carbocycles. The number of nitrogens with zero attached hydrogens (tertiary/aromatic N) is 4. The number of hydrogen-bond donors (Lipinski definition) is 0. The first-order chi connectivity index (χ1) is 13.8. The summed E-state index contributed by atoms with van der Waals surface area (Å²) in [5.74, 6) is 0. The van der Waals surface area contributed by atoms with Crippen molar-refractivity contribution in [2.24, 2.45) is 0 Å². The van der Waals surface area contributed by atoms with Gasteiger partial charge in [0.15, 0.2) is 5.65 Å². The lowest BCUT2D eigenvalue weighted by Gasteiger charge is -2.11. The molecule has 0 aliphatic heterocycles. The van der Waals surface area contributed by atoms with Gasteiger partial charge in [-0.15, -0.1) is 0 Å². The third kappa shape index (κ3) is 4.00. The second kappa shape index (κ2) is 7.98. The highest BCUT2D eigenvalue weighted by molar-refractivity contribution is 7.80. The summed E-state index contributed by atoms with van der Waals surface area (Å²) >= 11 is 12.0. The Balaban J connectivity index is 1.85. The van der Waals surface area contributed by atoms with E-state index in [2.05, 4.69) is 49.5 Å². The summed E-state index contributed by atoms with van der Waals surface area (Å²) in [5, 5.41) is 1.73. The van der Waals surface area contributed by atoms with Gasteiger partial charge in [-0.3, -0.25) is 0 Å². The number of halogens is 1. The Morgan fingerprint density at radius 1 is 1.07 bits per heavy atom. The minimum absolute atomic E-state index is 0.662. The molecule has 0 spiro atoms. The summed E-state index contributed by atoms with van der Waals surface area (Å²) in [6, 6.07) is 10.2. The van der Waals surface area contributed by atoms with Crippen LogP contribution in [0.2, 0.25) is 5.02 Å². The summed E-state index contributed by atoms with van der Waals surface area (Å²) in [4.78, 5) is 13.2. The van der Waals surface area contributed by atoms with Crippen LogP contribution in [0.3, 0.4) is 0 Å². The van der Waals surface area contributed by atoms with Crippen LogP contribution in [-0.2, 0) is 6.54 Å². The number of aryl methyl sites for hydroxylation is 2. The van der Waals surface area contributed by atoms with Gasteiger partial charge in [0.05, 0.1) is 23.1 Å². The quantitative estimate of drug-likeness (QED) is 0.371. The van der Waals surface area contributed by atoms with E-state index in [0.29, 0.717) is 11.6 Å². The molecule has 0 saturated carbocycles. The summed E-state index contributed by atoms with van der Waals surface area (Å²) < 4.78 is 2.20. The van der Waals surface area contributed by atoms with Gasteiger partial charge >= 0.3 is 0 Å². The van der Waals surface area contributed by atoms with Crippen LogP contribution in [0.5, 0.6) is 0 Å². The zero-order valence-electron chi connectivity index (χ0n) is 17.3. The maximum Gasteiger partial charge on any atom is 0.160 e. The highest BCUT2D eigenvalue weighted by atomic mass is 35.5. The molecule has 0 bridgehead atoms. The summed E-state index contributed by atoms with van der Waals surface area (Å²) in [5.41, 5.74) is 7.08. The van der Waals surface area contributed by atoms with E-state index in [1.165, 1.54) is 11.1 Å². The van der Waals surface area contributed by atoms with E-state index >= 15 is 0 Å². The molecule has 2 heterocycles. The smallest absolute Gasteiger partial charge is 0.160 e. The van der Waals surface area contributed by atoms with E-state index in [-0.39, 0.29) is 0 Å². The van der Waals surface area contributed by atoms with E-state index in [1.807, 2.05) is 18.2 Å². The van der Waals surface area contributed by atoms with Crippen LogP contribution in [0.1, 0.15) is 24.0 Å². The maximum absolute atomic E-state index is 6.31. The van der Waals surface area contributed by atoms with Crippen LogP contribution in [0.15, 0.2) is 30.3 Å². The first-order valence-electron chi connectivity index (χ1n) is 9.86. The van der Waals surface area contributed by atoms with Crippen molar-refractivity contribution in [2.45, 2.75) is 33.2 Å². The first-order valence-corrected chi connectivity index (χ1v) is 10.6. The van der Waals surface area contributed by atoms with Gasteiger partial charge < -0.3 is 9.47 Å². The fourth-order valence-electron chi connectivity index (χ4n) is 3.73. The lowest BCUT2D eigenvalue weighted by molar-refractivity contribution is 0.403. The Kier molecular flexibility index (Phi) is 5.56. The molecule has 150 valence electrons. The molecule has 0 aliphatic rings. The summed E-state index contributed by atoms with van der Waals surface area (Å²) in [6.45, 7) is 5.91. The van der Waals surface area contributed by atoms with Gasteiger partial charge in [-0.1, -0.05) is 23.8 Å². The van der Waals surface area contributed by atoms with Crippen molar-refractivity contribution in [2.75, 3.05) is 20.6 Å². The molecule has 0 N–H and O–H groups in total. The number of fused-ring (bicyclic) bond motifs is 4. The molecule has 6 heteroatoms. The highest BCUT2D eigenvalue weighted by Gasteiger charge is 2.16. The van der Waals surface area contributed by atoms with Crippen molar-refractivity contribution < 1.29 is 0 Å². The Morgan fingerprint density at radius 3 is 2.45 bits per heavy atom. The molecule has 0 saturated heterocycles. The number of hydrogen-bond acceptors (Lipinski definition) is 4. The van der Waals surface area contributed by atoms with Crippen LogP contribution in [0.4, 0.5) is 0 Å². The molecule has 0 radical (unpaired) electrons.